The highest BCUT2D eigenvalue weighted by Gasteiger charge is 2.20. The van der Waals surface area contributed by atoms with Gasteiger partial charge in [-0.1, -0.05) is 11.3 Å². The van der Waals surface area contributed by atoms with Crippen LogP contribution in [0.3, 0.4) is 0 Å². The summed E-state index contributed by atoms with van der Waals surface area (Å²) in [6, 6.07) is 9.32. The van der Waals surface area contributed by atoms with Gasteiger partial charge in [-0.05, 0) is 30.3 Å². The summed E-state index contributed by atoms with van der Waals surface area (Å²) in [6.45, 7) is 0. The van der Waals surface area contributed by atoms with Crippen molar-refractivity contribution in [3.8, 4) is 0 Å². The number of hydrogen-bond donors (Lipinski definition) is 3. The van der Waals surface area contributed by atoms with Crippen molar-refractivity contribution in [2.75, 3.05) is 11.1 Å². The summed E-state index contributed by atoms with van der Waals surface area (Å²) in [7, 11) is 1.82. The Hall–Kier alpha value is -3.13. The molecule has 4 rings (SSSR count). The average Bonchev–Trinajstić information content (AvgIpc) is 3.26. The van der Waals surface area contributed by atoms with E-state index in [0.29, 0.717) is 15.7 Å². The number of carbonyl (C=O) groups is 1. The largest absolute Gasteiger partial charge is 0.382 e. The molecule has 0 fully saturated rings. The molecule has 0 amide bonds. The maximum atomic E-state index is 12.6. The second kappa shape index (κ2) is 5.50. The zero-order valence-corrected chi connectivity index (χ0v) is 13.6. The quantitative estimate of drug-likeness (QED) is 0.497. The van der Waals surface area contributed by atoms with Crippen molar-refractivity contribution in [1.82, 2.24) is 19.5 Å². The van der Waals surface area contributed by atoms with E-state index in [9.17, 15) is 4.79 Å². The van der Waals surface area contributed by atoms with Gasteiger partial charge < -0.3 is 20.6 Å². The Morgan fingerprint density at radius 2 is 2.25 bits per heavy atom. The summed E-state index contributed by atoms with van der Waals surface area (Å²) >= 11 is 1.24. The summed E-state index contributed by atoms with van der Waals surface area (Å²) in [5, 5.41) is 3.76. The first kappa shape index (κ1) is 14.5. The van der Waals surface area contributed by atoms with Crippen molar-refractivity contribution >= 4 is 44.8 Å². The van der Waals surface area contributed by atoms with E-state index in [-0.39, 0.29) is 11.6 Å². The Morgan fingerprint density at radius 1 is 1.38 bits per heavy atom. The first-order valence-electron chi connectivity index (χ1n) is 7.24. The van der Waals surface area contributed by atoms with E-state index < -0.39 is 0 Å². The fourth-order valence-corrected chi connectivity index (χ4v) is 3.35. The molecule has 0 aliphatic heterocycles. The Bertz CT molecular complexity index is 1040. The number of imidazole rings is 1. The number of nitrogens with zero attached hydrogens (tertiary/aromatic N) is 3. The molecule has 4 N–H and O–H groups in total. The number of aromatic nitrogens is 4. The molecule has 7 nitrogen and oxygen atoms in total. The smallest absolute Gasteiger partial charge is 0.223 e. The fourth-order valence-electron chi connectivity index (χ4n) is 2.50. The molecule has 0 saturated carbocycles. The van der Waals surface area contributed by atoms with Gasteiger partial charge in [0.05, 0.1) is 23.1 Å². The number of rotatable bonds is 4. The second-order valence-electron chi connectivity index (χ2n) is 5.33. The number of hydrogen-bond acceptors (Lipinski definition) is 6. The molecule has 120 valence electrons. The van der Waals surface area contributed by atoms with Gasteiger partial charge in [-0.3, -0.25) is 4.79 Å². The van der Waals surface area contributed by atoms with Crippen LogP contribution < -0.4 is 11.1 Å². The summed E-state index contributed by atoms with van der Waals surface area (Å²) in [5.41, 5.74) is 9.17. The molecule has 0 unspecified atom stereocenters. The molecular weight excluding hydrogens is 324 g/mol. The molecule has 0 aliphatic rings. The van der Waals surface area contributed by atoms with Crippen LogP contribution in [-0.4, -0.2) is 25.3 Å². The molecule has 3 aromatic heterocycles. The molecule has 0 spiro atoms. The highest BCUT2D eigenvalue weighted by molar-refractivity contribution is 7.18. The number of aromatic amines is 1. The molecular formula is C16H14N6OS. The third-order valence-electron chi connectivity index (χ3n) is 3.71. The number of fused-ring (bicyclic) bond motifs is 1. The normalized spacial score (nSPS) is 11.0. The third kappa shape index (κ3) is 2.42. The zero-order chi connectivity index (χ0) is 16.7. The predicted octanol–water partition coefficient (Wildman–Crippen LogP) is 2.91. The summed E-state index contributed by atoms with van der Waals surface area (Å²) in [5.74, 6) is 0.103. The van der Waals surface area contributed by atoms with E-state index in [1.54, 1.807) is 17.0 Å². The van der Waals surface area contributed by atoms with Crippen LogP contribution in [-0.2, 0) is 7.05 Å². The Labute approximate surface area is 141 Å². The first-order chi connectivity index (χ1) is 11.6. The zero-order valence-electron chi connectivity index (χ0n) is 12.8. The van der Waals surface area contributed by atoms with Gasteiger partial charge in [0, 0.05) is 18.9 Å². The van der Waals surface area contributed by atoms with E-state index in [1.165, 1.54) is 11.3 Å². The highest BCUT2D eigenvalue weighted by atomic mass is 32.1. The number of nitrogen functional groups attached to an aromatic ring is 1. The SMILES string of the molecule is Cn1cccc1C(=O)c1sc(Nc2ccc3nc[nH]c3c2)nc1N. The van der Waals surface area contributed by atoms with E-state index >= 15 is 0 Å². The lowest BCUT2D eigenvalue weighted by Crippen LogP contribution is -2.07. The number of aryl methyl sites for hydroxylation is 1. The summed E-state index contributed by atoms with van der Waals surface area (Å²) in [4.78, 5) is 24.5. The summed E-state index contributed by atoms with van der Waals surface area (Å²) in [6.07, 6.45) is 3.47. The van der Waals surface area contributed by atoms with Crippen LogP contribution >= 0.6 is 11.3 Å². The van der Waals surface area contributed by atoms with Gasteiger partial charge in [0.1, 0.15) is 10.7 Å². The van der Waals surface area contributed by atoms with Crippen molar-refractivity contribution in [2.24, 2.45) is 7.05 Å². The van der Waals surface area contributed by atoms with Crippen molar-refractivity contribution in [3.63, 3.8) is 0 Å². The maximum absolute atomic E-state index is 12.6. The predicted molar refractivity (Wildman–Crippen MR) is 94.7 cm³/mol. The lowest BCUT2D eigenvalue weighted by Gasteiger charge is -2.02. The van der Waals surface area contributed by atoms with Gasteiger partial charge in [0.15, 0.2) is 5.13 Å². The second-order valence-corrected chi connectivity index (χ2v) is 6.33. The number of thiazole rings is 1. The minimum Gasteiger partial charge on any atom is -0.382 e. The van der Waals surface area contributed by atoms with E-state index in [2.05, 4.69) is 20.3 Å². The monoisotopic (exact) mass is 338 g/mol. The summed E-state index contributed by atoms with van der Waals surface area (Å²) < 4.78 is 1.76. The van der Waals surface area contributed by atoms with Gasteiger partial charge in [0.25, 0.3) is 0 Å². The highest BCUT2D eigenvalue weighted by Crippen LogP contribution is 2.30. The van der Waals surface area contributed by atoms with Crippen LogP contribution in [0.25, 0.3) is 11.0 Å². The minimum atomic E-state index is -0.130. The average molecular weight is 338 g/mol. The third-order valence-corrected chi connectivity index (χ3v) is 4.69. The number of nitrogens with one attached hydrogen (secondary N) is 2. The number of carbonyl (C=O) groups excluding carboxylic acids is 1. The van der Waals surface area contributed by atoms with Crippen LogP contribution in [0.4, 0.5) is 16.6 Å². The molecule has 0 saturated heterocycles. The molecule has 0 bridgehead atoms. The van der Waals surface area contributed by atoms with Gasteiger partial charge in [-0.15, -0.1) is 0 Å². The number of ketones is 1. The maximum Gasteiger partial charge on any atom is 0.223 e. The van der Waals surface area contributed by atoms with Crippen LogP contribution in [0.15, 0.2) is 42.9 Å². The first-order valence-corrected chi connectivity index (χ1v) is 8.06. The van der Waals surface area contributed by atoms with Crippen molar-refractivity contribution < 1.29 is 4.79 Å². The van der Waals surface area contributed by atoms with Crippen LogP contribution in [0.2, 0.25) is 0 Å². The van der Waals surface area contributed by atoms with Gasteiger partial charge in [0.2, 0.25) is 5.78 Å². The van der Waals surface area contributed by atoms with Crippen molar-refractivity contribution in [2.45, 2.75) is 0 Å². The van der Waals surface area contributed by atoms with Crippen molar-refractivity contribution in [1.29, 1.82) is 0 Å². The van der Waals surface area contributed by atoms with E-state index in [4.69, 9.17) is 5.73 Å². The molecule has 1 aromatic carbocycles. The van der Waals surface area contributed by atoms with Crippen LogP contribution in [0.1, 0.15) is 15.4 Å². The Kier molecular flexibility index (Phi) is 3.31. The number of benzene rings is 1. The Balaban J connectivity index is 1.63. The van der Waals surface area contributed by atoms with Gasteiger partial charge in [-0.2, -0.15) is 0 Å². The fraction of sp³-hybridized carbons (Fsp3) is 0.0625. The van der Waals surface area contributed by atoms with Crippen molar-refractivity contribution in [3.05, 3.63) is 53.4 Å². The molecule has 8 heteroatoms. The van der Waals surface area contributed by atoms with E-state index in [1.807, 2.05) is 37.5 Å². The lowest BCUT2D eigenvalue weighted by atomic mass is 10.2. The minimum absolute atomic E-state index is 0.130. The molecule has 0 aliphatic carbocycles. The number of nitrogens with two attached hydrogens (primary N) is 1. The van der Waals surface area contributed by atoms with Gasteiger partial charge in [-0.25, -0.2) is 9.97 Å². The Morgan fingerprint density at radius 3 is 3.04 bits per heavy atom. The topological polar surface area (TPSA) is 102 Å². The van der Waals surface area contributed by atoms with Crippen LogP contribution in [0, 0.1) is 0 Å². The van der Waals surface area contributed by atoms with Gasteiger partial charge >= 0.3 is 0 Å². The molecule has 24 heavy (non-hydrogen) atoms. The van der Waals surface area contributed by atoms with Crippen LogP contribution in [0.5, 0.6) is 0 Å². The standard InChI is InChI=1S/C16H14N6OS/c1-22-6-2-3-12(22)13(23)14-15(17)21-16(24-14)20-9-4-5-10-11(7-9)19-8-18-10/h2-8H,17H2,1H3,(H,18,19)(H,20,21). The molecule has 3 heterocycles. The molecule has 0 atom stereocenters. The lowest BCUT2D eigenvalue weighted by molar-refractivity contribution is 0.103. The van der Waals surface area contributed by atoms with E-state index in [0.717, 1.165) is 16.7 Å². The molecule has 0 radical (unpaired) electrons. The number of H-pyrrole nitrogens is 1. The molecule has 4 aromatic rings. The number of anilines is 3.